The lowest BCUT2D eigenvalue weighted by Gasteiger charge is -2.17. The van der Waals surface area contributed by atoms with Crippen LogP contribution in [0.1, 0.15) is 22.3 Å². The quantitative estimate of drug-likeness (QED) is 0.879. The van der Waals surface area contributed by atoms with Crippen LogP contribution in [0.5, 0.6) is 0 Å². The molecule has 1 atom stereocenters. The molecule has 0 saturated heterocycles. The summed E-state index contributed by atoms with van der Waals surface area (Å²) in [7, 11) is 0. The van der Waals surface area contributed by atoms with Crippen LogP contribution < -0.4 is 5.73 Å². The lowest BCUT2D eigenvalue weighted by Crippen LogP contribution is -2.20. The number of aryl methyl sites for hydroxylation is 2. The van der Waals surface area contributed by atoms with E-state index < -0.39 is 0 Å². The number of rotatable bonds is 5. The zero-order valence-electron chi connectivity index (χ0n) is 12.2. The number of hydrogen-bond donors (Lipinski definition) is 1. The lowest BCUT2D eigenvalue weighted by atomic mass is 9.89. The van der Waals surface area contributed by atoms with Gasteiger partial charge in [-0.25, -0.2) is 4.39 Å². The van der Waals surface area contributed by atoms with Crippen molar-refractivity contribution in [2.24, 2.45) is 11.7 Å². The van der Waals surface area contributed by atoms with Crippen molar-refractivity contribution in [1.29, 1.82) is 0 Å². The molecule has 2 heteroatoms. The van der Waals surface area contributed by atoms with E-state index in [1.807, 2.05) is 19.1 Å². The smallest absolute Gasteiger partial charge is 0.123 e. The summed E-state index contributed by atoms with van der Waals surface area (Å²) in [4.78, 5) is 0. The summed E-state index contributed by atoms with van der Waals surface area (Å²) in [6, 6.07) is 13.4. The summed E-state index contributed by atoms with van der Waals surface area (Å²) in [5.74, 6) is 0.175. The molecule has 0 fully saturated rings. The van der Waals surface area contributed by atoms with E-state index in [9.17, 15) is 4.39 Å². The Bertz CT molecular complexity index is 577. The highest BCUT2D eigenvalue weighted by atomic mass is 19.1. The Hall–Kier alpha value is -1.67. The first-order chi connectivity index (χ1) is 9.60. The first-order valence-electron chi connectivity index (χ1n) is 7.09. The third kappa shape index (κ3) is 3.67. The summed E-state index contributed by atoms with van der Waals surface area (Å²) in [6.45, 7) is 4.76. The Balaban J connectivity index is 2.13. The number of hydrogen-bond acceptors (Lipinski definition) is 1. The molecule has 2 aromatic carbocycles. The van der Waals surface area contributed by atoms with Crippen LogP contribution in [0.4, 0.5) is 4.39 Å². The van der Waals surface area contributed by atoms with Crippen molar-refractivity contribution in [3.63, 3.8) is 0 Å². The fourth-order valence-corrected chi connectivity index (χ4v) is 2.56. The molecule has 1 unspecified atom stereocenters. The summed E-state index contributed by atoms with van der Waals surface area (Å²) >= 11 is 0. The van der Waals surface area contributed by atoms with Gasteiger partial charge in [0.25, 0.3) is 0 Å². The van der Waals surface area contributed by atoms with Gasteiger partial charge in [-0.3, -0.25) is 0 Å². The molecule has 1 nitrogen and oxygen atoms in total. The van der Waals surface area contributed by atoms with Crippen molar-refractivity contribution in [3.05, 3.63) is 70.5 Å². The van der Waals surface area contributed by atoms with Gasteiger partial charge in [0.2, 0.25) is 0 Å². The second-order valence-corrected chi connectivity index (χ2v) is 5.51. The zero-order valence-corrected chi connectivity index (χ0v) is 12.2. The fourth-order valence-electron chi connectivity index (χ4n) is 2.56. The van der Waals surface area contributed by atoms with Crippen LogP contribution in [-0.4, -0.2) is 6.54 Å². The van der Waals surface area contributed by atoms with E-state index in [1.165, 1.54) is 17.2 Å². The van der Waals surface area contributed by atoms with Gasteiger partial charge >= 0.3 is 0 Å². The third-order valence-electron chi connectivity index (χ3n) is 3.92. The minimum Gasteiger partial charge on any atom is -0.330 e. The minimum absolute atomic E-state index is 0.169. The molecule has 0 aromatic heterocycles. The summed E-state index contributed by atoms with van der Waals surface area (Å²) < 4.78 is 13.4. The van der Waals surface area contributed by atoms with E-state index in [0.717, 1.165) is 24.0 Å². The van der Waals surface area contributed by atoms with E-state index in [0.29, 0.717) is 12.5 Å². The van der Waals surface area contributed by atoms with Crippen LogP contribution in [0.3, 0.4) is 0 Å². The van der Waals surface area contributed by atoms with Gasteiger partial charge in [0.1, 0.15) is 5.82 Å². The van der Waals surface area contributed by atoms with Crippen LogP contribution >= 0.6 is 0 Å². The standard InChI is InChI=1S/C18H22FN/c1-13-5-3-4-6-16(13)9-15(12-20)10-17-11-18(19)8-7-14(17)2/h3-8,11,15H,9-10,12,20H2,1-2H3. The molecule has 20 heavy (non-hydrogen) atoms. The van der Waals surface area contributed by atoms with Gasteiger partial charge in [-0.15, -0.1) is 0 Å². The van der Waals surface area contributed by atoms with Crippen LogP contribution in [0, 0.1) is 25.6 Å². The summed E-state index contributed by atoms with van der Waals surface area (Å²) in [6.07, 6.45) is 1.77. The van der Waals surface area contributed by atoms with Gasteiger partial charge in [0.15, 0.2) is 0 Å². The fraction of sp³-hybridized carbons (Fsp3) is 0.333. The SMILES string of the molecule is Cc1ccccc1CC(CN)Cc1cc(F)ccc1C. The molecule has 2 aromatic rings. The highest BCUT2D eigenvalue weighted by Crippen LogP contribution is 2.19. The molecule has 0 radical (unpaired) electrons. The molecule has 0 aliphatic rings. The van der Waals surface area contributed by atoms with Gasteiger partial charge in [-0.1, -0.05) is 30.3 Å². The van der Waals surface area contributed by atoms with Gasteiger partial charge in [-0.05, 0) is 73.5 Å². The molecule has 0 spiro atoms. The topological polar surface area (TPSA) is 26.0 Å². The Kier molecular flexibility index (Phi) is 4.91. The maximum absolute atomic E-state index is 13.4. The number of benzene rings is 2. The molecule has 0 aliphatic carbocycles. The van der Waals surface area contributed by atoms with Gasteiger partial charge in [0.05, 0.1) is 0 Å². The Morgan fingerprint density at radius 3 is 2.30 bits per heavy atom. The maximum Gasteiger partial charge on any atom is 0.123 e. The Morgan fingerprint density at radius 2 is 1.60 bits per heavy atom. The molecular formula is C18H22FN. The molecule has 0 heterocycles. The molecule has 106 valence electrons. The van der Waals surface area contributed by atoms with Gasteiger partial charge < -0.3 is 5.73 Å². The van der Waals surface area contributed by atoms with E-state index in [4.69, 9.17) is 5.73 Å². The maximum atomic E-state index is 13.4. The molecule has 2 N–H and O–H groups in total. The highest BCUT2D eigenvalue weighted by Gasteiger charge is 2.12. The zero-order chi connectivity index (χ0) is 14.5. The van der Waals surface area contributed by atoms with Crippen LogP contribution in [-0.2, 0) is 12.8 Å². The number of halogens is 1. The van der Waals surface area contributed by atoms with Crippen molar-refractivity contribution in [2.45, 2.75) is 26.7 Å². The van der Waals surface area contributed by atoms with Crippen molar-refractivity contribution in [1.82, 2.24) is 0 Å². The molecular weight excluding hydrogens is 249 g/mol. The van der Waals surface area contributed by atoms with Crippen molar-refractivity contribution >= 4 is 0 Å². The third-order valence-corrected chi connectivity index (χ3v) is 3.92. The molecule has 2 rings (SSSR count). The van der Waals surface area contributed by atoms with Crippen molar-refractivity contribution in [2.75, 3.05) is 6.54 Å². The van der Waals surface area contributed by atoms with Gasteiger partial charge in [-0.2, -0.15) is 0 Å². The Morgan fingerprint density at radius 1 is 0.950 bits per heavy atom. The number of nitrogens with two attached hydrogens (primary N) is 1. The first-order valence-corrected chi connectivity index (χ1v) is 7.09. The average Bonchev–Trinajstić information content (AvgIpc) is 2.44. The van der Waals surface area contributed by atoms with Crippen LogP contribution in [0.2, 0.25) is 0 Å². The summed E-state index contributed by atoms with van der Waals surface area (Å²) in [5, 5.41) is 0. The largest absolute Gasteiger partial charge is 0.330 e. The van der Waals surface area contributed by atoms with Crippen LogP contribution in [0.15, 0.2) is 42.5 Å². The normalized spacial score (nSPS) is 12.4. The molecule has 0 saturated carbocycles. The van der Waals surface area contributed by atoms with E-state index in [-0.39, 0.29) is 5.82 Å². The molecule has 0 bridgehead atoms. The van der Waals surface area contributed by atoms with E-state index in [1.54, 1.807) is 6.07 Å². The Labute approximate surface area is 120 Å². The molecule has 0 amide bonds. The average molecular weight is 271 g/mol. The van der Waals surface area contributed by atoms with Crippen molar-refractivity contribution in [3.8, 4) is 0 Å². The summed E-state index contributed by atoms with van der Waals surface area (Å²) in [5.41, 5.74) is 10.7. The molecule has 0 aliphatic heterocycles. The van der Waals surface area contributed by atoms with E-state index in [2.05, 4.69) is 25.1 Å². The van der Waals surface area contributed by atoms with Crippen molar-refractivity contribution < 1.29 is 4.39 Å². The first kappa shape index (κ1) is 14.7. The van der Waals surface area contributed by atoms with Gasteiger partial charge in [0, 0.05) is 0 Å². The predicted molar refractivity (Wildman–Crippen MR) is 82.3 cm³/mol. The second-order valence-electron chi connectivity index (χ2n) is 5.51. The van der Waals surface area contributed by atoms with E-state index >= 15 is 0 Å². The lowest BCUT2D eigenvalue weighted by molar-refractivity contribution is 0.528. The monoisotopic (exact) mass is 271 g/mol. The highest BCUT2D eigenvalue weighted by molar-refractivity contribution is 5.29. The predicted octanol–water partition coefficient (Wildman–Crippen LogP) is 3.80. The minimum atomic E-state index is -0.169. The van der Waals surface area contributed by atoms with Crippen LogP contribution in [0.25, 0.3) is 0 Å². The second kappa shape index (κ2) is 6.67.